The van der Waals surface area contributed by atoms with Crippen molar-refractivity contribution in [3.05, 3.63) is 30.1 Å². The molecule has 5 nitrogen and oxygen atoms in total. The Kier molecular flexibility index (Phi) is 5.27. The lowest BCUT2D eigenvalue weighted by molar-refractivity contribution is -0.200. The molecule has 9 heteroatoms. The van der Waals surface area contributed by atoms with Crippen LogP contribution in [0.25, 0.3) is 0 Å². The van der Waals surface area contributed by atoms with Crippen LogP contribution in [0.2, 0.25) is 0 Å². The van der Waals surface area contributed by atoms with Gasteiger partial charge in [-0.25, -0.2) is 13.1 Å². The zero-order valence-corrected chi connectivity index (χ0v) is 10.6. The third-order valence-electron chi connectivity index (χ3n) is 2.28. The molecular formula is C10H13F3N2O3S. The average molecular weight is 298 g/mol. The van der Waals surface area contributed by atoms with Crippen molar-refractivity contribution in [3.8, 4) is 0 Å². The van der Waals surface area contributed by atoms with Crippen molar-refractivity contribution < 1.29 is 26.7 Å². The van der Waals surface area contributed by atoms with Gasteiger partial charge in [0.2, 0.25) is 10.0 Å². The second kappa shape index (κ2) is 6.31. The Morgan fingerprint density at radius 2 is 1.89 bits per heavy atom. The van der Waals surface area contributed by atoms with Gasteiger partial charge in [0.15, 0.2) is 6.10 Å². The first-order valence-electron chi connectivity index (χ1n) is 5.32. The van der Waals surface area contributed by atoms with Crippen LogP contribution < -0.4 is 4.72 Å². The Morgan fingerprint density at radius 3 is 2.42 bits per heavy atom. The molecular weight excluding hydrogens is 285 g/mol. The second-order valence-corrected chi connectivity index (χ2v) is 5.76. The number of aliphatic hydroxyl groups excluding tert-OH is 1. The summed E-state index contributed by atoms with van der Waals surface area (Å²) in [5.74, 6) is -0.360. The molecule has 2 N–H and O–H groups in total. The molecule has 108 valence electrons. The van der Waals surface area contributed by atoms with Crippen molar-refractivity contribution in [1.29, 1.82) is 0 Å². The third kappa shape index (κ3) is 5.99. The summed E-state index contributed by atoms with van der Waals surface area (Å²) >= 11 is 0. The smallest absolute Gasteiger partial charge is 0.382 e. The van der Waals surface area contributed by atoms with Gasteiger partial charge in [0.05, 0.1) is 5.75 Å². The highest BCUT2D eigenvalue weighted by Crippen LogP contribution is 2.19. The minimum absolute atomic E-state index is 0.153. The first kappa shape index (κ1) is 15.9. The molecule has 0 amide bonds. The first-order valence-corrected chi connectivity index (χ1v) is 6.97. The second-order valence-electron chi connectivity index (χ2n) is 3.83. The molecule has 1 aromatic heterocycles. The predicted octanol–water partition coefficient (Wildman–Crippen LogP) is 0.467. The van der Waals surface area contributed by atoms with Gasteiger partial charge in [0, 0.05) is 18.9 Å². The fraction of sp³-hybridized carbons (Fsp3) is 0.500. The van der Waals surface area contributed by atoms with Crippen LogP contribution in [0.5, 0.6) is 0 Å². The Balaban J connectivity index is 2.45. The number of hydrogen-bond donors (Lipinski definition) is 2. The number of nitrogens with one attached hydrogen (secondary N) is 1. The monoisotopic (exact) mass is 298 g/mol. The summed E-state index contributed by atoms with van der Waals surface area (Å²) in [5.41, 5.74) is 0.705. The number of rotatable bonds is 6. The average Bonchev–Trinajstić information content (AvgIpc) is 2.34. The Labute approximate surface area is 108 Å². The van der Waals surface area contributed by atoms with E-state index in [-0.39, 0.29) is 12.2 Å². The number of alkyl halides is 3. The molecule has 1 unspecified atom stereocenters. The van der Waals surface area contributed by atoms with Gasteiger partial charge in [-0.2, -0.15) is 13.2 Å². The van der Waals surface area contributed by atoms with Crippen LogP contribution in [0.4, 0.5) is 13.2 Å². The summed E-state index contributed by atoms with van der Waals surface area (Å²) in [6, 6.07) is 3.22. The van der Waals surface area contributed by atoms with Crippen LogP contribution in [-0.2, 0) is 16.4 Å². The number of sulfonamides is 1. The molecule has 1 rings (SSSR count). The Morgan fingerprint density at radius 1 is 1.32 bits per heavy atom. The number of aliphatic hydroxyl groups is 1. The lowest BCUT2D eigenvalue weighted by Gasteiger charge is -2.15. The van der Waals surface area contributed by atoms with E-state index in [0.29, 0.717) is 5.56 Å². The summed E-state index contributed by atoms with van der Waals surface area (Å²) in [6.07, 6.45) is -4.41. The molecule has 0 saturated heterocycles. The van der Waals surface area contributed by atoms with Crippen molar-refractivity contribution in [2.45, 2.75) is 18.7 Å². The van der Waals surface area contributed by atoms with Crippen LogP contribution in [-0.4, -0.2) is 43.1 Å². The Hall–Kier alpha value is -1.19. The highest BCUT2D eigenvalue weighted by molar-refractivity contribution is 7.89. The van der Waals surface area contributed by atoms with Gasteiger partial charge in [-0.1, -0.05) is 0 Å². The van der Waals surface area contributed by atoms with Gasteiger partial charge in [-0.15, -0.1) is 0 Å². The van der Waals surface area contributed by atoms with Crippen LogP contribution in [0.15, 0.2) is 24.5 Å². The maximum absolute atomic E-state index is 12.0. The minimum atomic E-state index is -4.84. The summed E-state index contributed by atoms with van der Waals surface area (Å²) in [5, 5.41) is 8.67. The minimum Gasteiger partial charge on any atom is -0.382 e. The summed E-state index contributed by atoms with van der Waals surface area (Å²) in [6.45, 7) is -1.08. The van der Waals surface area contributed by atoms with E-state index in [4.69, 9.17) is 5.11 Å². The molecule has 0 aliphatic heterocycles. The van der Waals surface area contributed by atoms with Gasteiger partial charge >= 0.3 is 6.18 Å². The largest absolute Gasteiger partial charge is 0.415 e. The number of pyridine rings is 1. The van der Waals surface area contributed by atoms with E-state index in [9.17, 15) is 21.6 Å². The molecule has 19 heavy (non-hydrogen) atoms. The van der Waals surface area contributed by atoms with E-state index < -0.39 is 28.8 Å². The van der Waals surface area contributed by atoms with Crippen LogP contribution in [0.1, 0.15) is 5.56 Å². The van der Waals surface area contributed by atoms with Gasteiger partial charge in [0.25, 0.3) is 0 Å². The molecule has 0 bridgehead atoms. The molecule has 1 aromatic rings. The zero-order valence-electron chi connectivity index (χ0n) is 9.76. The number of hydrogen-bond acceptors (Lipinski definition) is 4. The standard InChI is InChI=1S/C10H13F3N2O3S/c11-10(12,13)9(16)7-15-19(17,18)6-3-8-1-4-14-5-2-8/h1-2,4-5,9,15-16H,3,6-7H2. The number of halogens is 3. The van der Waals surface area contributed by atoms with Crippen molar-refractivity contribution in [2.75, 3.05) is 12.3 Å². The highest BCUT2D eigenvalue weighted by Gasteiger charge is 2.38. The number of nitrogens with zero attached hydrogens (tertiary/aromatic N) is 1. The zero-order chi connectivity index (χ0) is 14.5. The van der Waals surface area contributed by atoms with E-state index in [1.807, 2.05) is 0 Å². The molecule has 1 heterocycles. The summed E-state index contributed by atoms with van der Waals surface area (Å²) in [7, 11) is -3.87. The highest BCUT2D eigenvalue weighted by atomic mass is 32.2. The van der Waals surface area contributed by atoms with Gasteiger partial charge in [-0.05, 0) is 24.1 Å². The topological polar surface area (TPSA) is 79.3 Å². The third-order valence-corrected chi connectivity index (χ3v) is 3.63. The van der Waals surface area contributed by atoms with Crippen LogP contribution >= 0.6 is 0 Å². The van der Waals surface area contributed by atoms with E-state index in [2.05, 4.69) is 4.98 Å². The van der Waals surface area contributed by atoms with Gasteiger partial charge in [-0.3, -0.25) is 4.98 Å². The van der Waals surface area contributed by atoms with Gasteiger partial charge < -0.3 is 5.11 Å². The van der Waals surface area contributed by atoms with Crippen molar-refractivity contribution in [3.63, 3.8) is 0 Å². The summed E-state index contributed by atoms with van der Waals surface area (Å²) in [4.78, 5) is 3.75. The molecule has 0 saturated carbocycles. The summed E-state index contributed by atoms with van der Waals surface area (Å²) < 4.78 is 60.5. The fourth-order valence-electron chi connectivity index (χ4n) is 1.20. The fourth-order valence-corrected chi connectivity index (χ4v) is 2.26. The van der Waals surface area contributed by atoms with E-state index in [1.165, 1.54) is 12.4 Å². The number of aryl methyl sites for hydroxylation is 1. The van der Waals surface area contributed by atoms with E-state index >= 15 is 0 Å². The molecule has 0 aromatic carbocycles. The normalized spacial score (nSPS) is 14.3. The quantitative estimate of drug-likeness (QED) is 0.800. The van der Waals surface area contributed by atoms with Crippen LogP contribution in [0.3, 0.4) is 0 Å². The SMILES string of the molecule is O=S(=O)(CCc1ccncc1)NCC(O)C(F)(F)F. The molecule has 0 aliphatic rings. The van der Waals surface area contributed by atoms with Gasteiger partial charge in [0.1, 0.15) is 0 Å². The van der Waals surface area contributed by atoms with E-state index in [1.54, 1.807) is 16.9 Å². The molecule has 1 atom stereocenters. The lowest BCUT2D eigenvalue weighted by Crippen LogP contribution is -2.41. The molecule has 0 aliphatic carbocycles. The van der Waals surface area contributed by atoms with Crippen molar-refractivity contribution in [2.24, 2.45) is 0 Å². The van der Waals surface area contributed by atoms with Crippen molar-refractivity contribution in [1.82, 2.24) is 9.71 Å². The van der Waals surface area contributed by atoms with Crippen molar-refractivity contribution >= 4 is 10.0 Å². The first-order chi connectivity index (χ1) is 8.71. The maximum Gasteiger partial charge on any atom is 0.415 e. The maximum atomic E-state index is 12.0. The molecule has 0 radical (unpaired) electrons. The van der Waals surface area contributed by atoms with E-state index in [0.717, 1.165) is 0 Å². The van der Waals surface area contributed by atoms with Crippen LogP contribution in [0, 0.1) is 0 Å². The number of aromatic nitrogens is 1. The Bertz CT molecular complexity index is 490. The molecule has 0 spiro atoms. The molecule has 0 fully saturated rings. The lowest BCUT2D eigenvalue weighted by atomic mass is 10.2. The predicted molar refractivity (Wildman–Crippen MR) is 61.8 cm³/mol.